The number of nitriles is 1. The molecule has 1 aromatic carbocycles. The zero-order chi connectivity index (χ0) is 16.0. The number of para-hydroxylation sites is 1. The van der Waals surface area contributed by atoms with Crippen LogP contribution in [0.15, 0.2) is 24.3 Å². The summed E-state index contributed by atoms with van der Waals surface area (Å²) in [5.41, 5.74) is 0.884. The molecule has 0 unspecified atom stereocenters. The van der Waals surface area contributed by atoms with Crippen LogP contribution < -0.4 is 5.32 Å². The van der Waals surface area contributed by atoms with Crippen molar-refractivity contribution in [3.05, 3.63) is 29.8 Å². The van der Waals surface area contributed by atoms with Crippen LogP contribution in [0.4, 0.5) is 5.69 Å². The first-order chi connectivity index (χ1) is 9.86. The fourth-order valence-electron chi connectivity index (χ4n) is 1.62. The first kappa shape index (κ1) is 16.7. The minimum Gasteiger partial charge on any atom is -0.348 e. The van der Waals surface area contributed by atoms with Crippen molar-refractivity contribution < 1.29 is 9.59 Å². The Morgan fingerprint density at radius 3 is 2.48 bits per heavy atom. The molecule has 0 radical (unpaired) electrons. The lowest BCUT2D eigenvalue weighted by Gasteiger charge is -2.24. The van der Waals surface area contributed by atoms with E-state index in [0.717, 1.165) is 0 Å². The molecule has 1 atom stereocenters. The van der Waals surface area contributed by atoms with Gasteiger partial charge in [-0.1, -0.05) is 12.1 Å². The summed E-state index contributed by atoms with van der Waals surface area (Å²) < 4.78 is 0. The van der Waals surface area contributed by atoms with Crippen molar-refractivity contribution in [1.29, 1.82) is 5.26 Å². The lowest BCUT2D eigenvalue weighted by atomic mass is 10.2. The van der Waals surface area contributed by atoms with Crippen molar-refractivity contribution >= 4 is 17.5 Å². The Morgan fingerprint density at radius 2 is 1.90 bits per heavy atom. The van der Waals surface area contributed by atoms with Gasteiger partial charge < -0.3 is 10.2 Å². The molecule has 0 fully saturated rings. The van der Waals surface area contributed by atoms with E-state index in [1.54, 1.807) is 57.2 Å². The monoisotopic (exact) mass is 288 g/mol. The maximum atomic E-state index is 12.2. The summed E-state index contributed by atoms with van der Waals surface area (Å²) in [6.07, 6.45) is 0. The van der Waals surface area contributed by atoms with Crippen molar-refractivity contribution in [2.45, 2.75) is 13.0 Å². The van der Waals surface area contributed by atoms with Crippen LogP contribution in [0, 0.1) is 11.3 Å². The number of hydrogen-bond donors (Lipinski definition) is 1. The minimum absolute atomic E-state index is 0.0745. The molecular formula is C15H20N4O2. The fourth-order valence-corrected chi connectivity index (χ4v) is 1.62. The standard InChI is InChI=1S/C15H20N4O2/c1-11(19(4)10-14(20)18(2)3)15(21)17-13-8-6-5-7-12(13)9-16/h5-8,11H,10H2,1-4H3,(H,17,21)/t11-/m1/s1. The predicted octanol–water partition coefficient (Wildman–Crippen LogP) is 0.905. The third-order valence-electron chi connectivity index (χ3n) is 3.23. The summed E-state index contributed by atoms with van der Waals surface area (Å²) in [6, 6.07) is 8.34. The van der Waals surface area contributed by atoms with Crippen LogP contribution in [-0.4, -0.2) is 55.3 Å². The Bertz CT molecular complexity index is 563. The first-order valence-electron chi connectivity index (χ1n) is 6.57. The summed E-state index contributed by atoms with van der Waals surface area (Å²) >= 11 is 0. The number of anilines is 1. The zero-order valence-electron chi connectivity index (χ0n) is 12.8. The van der Waals surface area contributed by atoms with E-state index in [0.29, 0.717) is 11.3 Å². The van der Waals surface area contributed by atoms with Gasteiger partial charge in [-0.25, -0.2) is 0 Å². The van der Waals surface area contributed by atoms with Gasteiger partial charge in [0.15, 0.2) is 0 Å². The number of nitrogens with zero attached hydrogens (tertiary/aromatic N) is 3. The molecule has 0 bridgehead atoms. The van der Waals surface area contributed by atoms with Gasteiger partial charge >= 0.3 is 0 Å². The molecule has 6 nitrogen and oxygen atoms in total. The number of likely N-dealkylation sites (N-methyl/N-ethyl adjacent to an activating group) is 2. The second kappa shape index (κ2) is 7.41. The predicted molar refractivity (Wildman–Crippen MR) is 80.6 cm³/mol. The number of nitrogens with one attached hydrogen (secondary N) is 1. The Hall–Kier alpha value is -2.39. The molecule has 0 aliphatic rings. The van der Waals surface area contributed by atoms with Gasteiger partial charge in [0, 0.05) is 14.1 Å². The number of rotatable bonds is 5. The van der Waals surface area contributed by atoms with Crippen LogP contribution in [0.3, 0.4) is 0 Å². The normalized spacial score (nSPS) is 11.6. The maximum Gasteiger partial charge on any atom is 0.241 e. The average molecular weight is 288 g/mol. The summed E-state index contributed by atoms with van der Waals surface area (Å²) in [6.45, 7) is 1.87. The number of benzene rings is 1. The highest BCUT2D eigenvalue weighted by Gasteiger charge is 2.21. The van der Waals surface area contributed by atoms with E-state index >= 15 is 0 Å². The second-order valence-corrected chi connectivity index (χ2v) is 5.03. The molecule has 112 valence electrons. The van der Waals surface area contributed by atoms with E-state index in [2.05, 4.69) is 5.32 Å². The smallest absolute Gasteiger partial charge is 0.241 e. The lowest BCUT2D eigenvalue weighted by molar-refractivity contribution is -0.131. The maximum absolute atomic E-state index is 12.2. The van der Waals surface area contributed by atoms with Gasteiger partial charge in [-0.15, -0.1) is 0 Å². The van der Waals surface area contributed by atoms with Gasteiger partial charge in [0.25, 0.3) is 0 Å². The Labute approximate surface area is 125 Å². The van der Waals surface area contributed by atoms with Crippen molar-refractivity contribution in [1.82, 2.24) is 9.80 Å². The van der Waals surface area contributed by atoms with Gasteiger partial charge in [0.1, 0.15) is 6.07 Å². The zero-order valence-corrected chi connectivity index (χ0v) is 12.8. The van der Waals surface area contributed by atoms with Crippen LogP contribution in [0.1, 0.15) is 12.5 Å². The van der Waals surface area contributed by atoms with E-state index in [4.69, 9.17) is 5.26 Å². The van der Waals surface area contributed by atoms with Gasteiger partial charge in [0.05, 0.1) is 23.8 Å². The first-order valence-corrected chi connectivity index (χ1v) is 6.57. The van der Waals surface area contributed by atoms with Crippen LogP contribution in [0.25, 0.3) is 0 Å². The number of carbonyl (C=O) groups excluding carboxylic acids is 2. The Kier molecular flexibility index (Phi) is 5.88. The number of carbonyl (C=O) groups is 2. The molecule has 0 saturated heterocycles. The van der Waals surface area contributed by atoms with E-state index in [-0.39, 0.29) is 18.4 Å². The van der Waals surface area contributed by atoms with Crippen LogP contribution in [0.2, 0.25) is 0 Å². The van der Waals surface area contributed by atoms with Crippen LogP contribution in [0.5, 0.6) is 0 Å². The summed E-state index contributed by atoms with van der Waals surface area (Å²) in [5, 5.41) is 11.7. The molecule has 0 aliphatic heterocycles. The van der Waals surface area contributed by atoms with Crippen molar-refractivity contribution in [2.24, 2.45) is 0 Å². The van der Waals surface area contributed by atoms with Crippen molar-refractivity contribution in [3.8, 4) is 6.07 Å². The molecule has 0 saturated carbocycles. The van der Waals surface area contributed by atoms with Gasteiger partial charge in [-0.3, -0.25) is 14.5 Å². The van der Waals surface area contributed by atoms with Crippen LogP contribution >= 0.6 is 0 Å². The molecule has 0 heterocycles. The molecule has 21 heavy (non-hydrogen) atoms. The van der Waals surface area contributed by atoms with E-state index in [1.807, 2.05) is 6.07 Å². The highest BCUT2D eigenvalue weighted by Crippen LogP contribution is 2.14. The highest BCUT2D eigenvalue weighted by molar-refractivity contribution is 5.96. The van der Waals surface area contributed by atoms with Crippen LogP contribution in [-0.2, 0) is 9.59 Å². The molecule has 1 rings (SSSR count). The molecule has 6 heteroatoms. The largest absolute Gasteiger partial charge is 0.348 e. The Morgan fingerprint density at radius 1 is 1.29 bits per heavy atom. The number of amides is 2. The summed E-state index contributed by atoms with van der Waals surface area (Å²) in [4.78, 5) is 27.0. The molecule has 0 aliphatic carbocycles. The topological polar surface area (TPSA) is 76.4 Å². The highest BCUT2D eigenvalue weighted by atomic mass is 16.2. The fraction of sp³-hybridized carbons (Fsp3) is 0.400. The minimum atomic E-state index is -0.486. The van der Waals surface area contributed by atoms with E-state index < -0.39 is 6.04 Å². The van der Waals surface area contributed by atoms with E-state index in [9.17, 15) is 9.59 Å². The molecular weight excluding hydrogens is 268 g/mol. The Balaban J connectivity index is 2.71. The van der Waals surface area contributed by atoms with Gasteiger partial charge in [-0.05, 0) is 26.1 Å². The SMILES string of the molecule is C[C@H](C(=O)Nc1ccccc1C#N)N(C)CC(=O)N(C)C. The lowest BCUT2D eigenvalue weighted by Crippen LogP contribution is -2.44. The average Bonchev–Trinajstić information content (AvgIpc) is 2.46. The third kappa shape index (κ3) is 4.58. The molecule has 1 N–H and O–H groups in total. The summed E-state index contributed by atoms with van der Waals surface area (Å²) in [5.74, 6) is -0.332. The summed E-state index contributed by atoms with van der Waals surface area (Å²) in [7, 11) is 5.05. The van der Waals surface area contributed by atoms with E-state index in [1.165, 1.54) is 4.90 Å². The third-order valence-corrected chi connectivity index (χ3v) is 3.23. The molecule has 2 amide bonds. The van der Waals surface area contributed by atoms with Crippen molar-refractivity contribution in [2.75, 3.05) is 33.0 Å². The second-order valence-electron chi connectivity index (χ2n) is 5.03. The molecule has 0 aromatic heterocycles. The van der Waals surface area contributed by atoms with Crippen molar-refractivity contribution in [3.63, 3.8) is 0 Å². The van der Waals surface area contributed by atoms with Gasteiger partial charge in [-0.2, -0.15) is 5.26 Å². The quantitative estimate of drug-likeness (QED) is 0.873. The number of hydrogen-bond acceptors (Lipinski definition) is 4. The van der Waals surface area contributed by atoms with Gasteiger partial charge in [0.2, 0.25) is 11.8 Å². The molecule has 0 spiro atoms. The molecule has 1 aromatic rings.